The SMILES string of the molecule is CCCNC(CC1CCCC1)c1cc2cc(Cl)ccc2o1. The molecule has 0 amide bonds. The third-order valence-electron chi connectivity index (χ3n) is 4.53. The lowest BCUT2D eigenvalue weighted by Gasteiger charge is -2.19. The average molecular weight is 306 g/mol. The maximum absolute atomic E-state index is 6.07. The molecule has 0 bridgehead atoms. The zero-order chi connectivity index (χ0) is 14.7. The van der Waals surface area contributed by atoms with Crippen LogP contribution in [0.25, 0.3) is 11.0 Å². The number of furan rings is 1. The van der Waals surface area contributed by atoms with Crippen LogP contribution in [-0.4, -0.2) is 6.54 Å². The lowest BCUT2D eigenvalue weighted by Crippen LogP contribution is -2.23. The molecule has 2 aromatic rings. The first-order valence-corrected chi connectivity index (χ1v) is 8.56. The van der Waals surface area contributed by atoms with Crippen LogP contribution in [0, 0.1) is 5.92 Å². The van der Waals surface area contributed by atoms with Gasteiger partial charge in [0, 0.05) is 10.4 Å². The highest BCUT2D eigenvalue weighted by Crippen LogP contribution is 2.35. The van der Waals surface area contributed by atoms with E-state index in [0.717, 1.165) is 40.6 Å². The molecule has 1 saturated carbocycles. The summed E-state index contributed by atoms with van der Waals surface area (Å²) >= 11 is 6.07. The zero-order valence-electron chi connectivity index (χ0n) is 12.7. The van der Waals surface area contributed by atoms with Gasteiger partial charge in [0.25, 0.3) is 0 Å². The van der Waals surface area contributed by atoms with Crippen LogP contribution in [0.2, 0.25) is 5.02 Å². The van der Waals surface area contributed by atoms with Crippen molar-refractivity contribution in [2.75, 3.05) is 6.54 Å². The Hall–Kier alpha value is -0.990. The number of hydrogen-bond donors (Lipinski definition) is 1. The lowest BCUT2D eigenvalue weighted by atomic mass is 9.96. The number of nitrogens with one attached hydrogen (secondary N) is 1. The fourth-order valence-electron chi connectivity index (χ4n) is 3.40. The summed E-state index contributed by atoms with van der Waals surface area (Å²) in [7, 11) is 0. The predicted octanol–water partition coefficient (Wildman–Crippen LogP) is 5.71. The largest absolute Gasteiger partial charge is 0.459 e. The van der Waals surface area contributed by atoms with Crippen molar-refractivity contribution in [2.45, 2.75) is 51.5 Å². The summed E-state index contributed by atoms with van der Waals surface area (Å²) in [5, 5.41) is 5.53. The van der Waals surface area contributed by atoms with Gasteiger partial charge < -0.3 is 9.73 Å². The second-order valence-electron chi connectivity index (χ2n) is 6.22. The number of hydrogen-bond acceptors (Lipinski definition) is 2. The quantitative estimate of drug-likeness (QED) is 0.739. The summed E-state index contributed by atoms with van der Waals surface area (Å²) in [6.45, 7) is 3.24. The molecule has 0 aliphatic heterocycles. The van der Waals surface area contributed by atoms with Crippen molar-refractivity contribution in [3.05, 3.63) is 35.0 Å². The standard InChI is InChI=1S/C18H24ClNO/c1-2-9-20-16(10-13-5-3-4-6-13)18-12-14-11-15(19)7-8-17(14)21-18/h7-8,11-13,16,20H,2-6,9-10H2,1H3. The molecular formula is C18H24ClNO. The minimum absolute atomic E-state index is 0.333. The summed E-state index contributed by atoms with van der Waals surface area (Å²) in [4.78, 5) is 0. The molecule has 0 saturated heterocycles. The molecule has 3 heteroatoms. The van der Waals surface area contributed by atoms with Gasteiger partial charge in [-0.2, -0.15) is 0 Å². The van der Waals surface area contributed by atoms with Crippen LogP contribution < -0.4 is 5.32 Å². The minimum atomic E-state index is 0.333. The third-order valence-corrected chi connectivity index (χ3v) is 4.76. The van der Waals surface area contributed by atoms with E-state index in [1.807, 2.05) is 18.2 Å². The van der Waals surface area contributed by atoms with E-state index in [1.54, 1.807) is 0 Å². The minimum Gasteiger partial charge on any atom is -0.459 e. The topological polar surface area (TPSA) is 25.2 Å². The normalized spacial score (nSPS) is 17.6. The molecule has 1 unspecified atom stereocenters. The molecule has 114 valence electrons. The Labute approximate surface area is 131 Å². The Morgan fingerprint density at radius 2 is 2.10 bits per heavy atom. The van der Waals surface area contributed by atoms with Crippen LogP contribution >= 0.6 is 11.6 Å². The zero-order valence-corrected chi connectivity index (χ0v) is 13.5. The van der Waals surface area contributed by atoms with Crippen molar-refractivity contribution >= 4 is 22.6 Å². The van der Waals surface area contributed by atoms with Crippen molar-refractivity contribution in [1.82, 2.24) is 5.32 Å². The number of fused-ring (bicyclic) bond motifs is 1. The molecule has 1 aromatic carbocycles. The monoisotopic (exact) mass is 305 g/mol. The van der Waals surface area contributed by atoms with Crippen LogP contribution in [0.4, 0.5) is 0 Å². The van der Waals surface area contributed by atoms with Crippen molar-refractivity contribution in [3.63, 3.8) is 0 Å². The van der Waals surface area contributed by atoms with Gasteiger partial charge in [0.05, 0.1) is 6.04 Å². The third kappa shape index (κ3) is 3.61. The number of rotatable bonds is 6. The number of halogens is 1. The Kier molecular flexibility index (Phi) is 4.87. The van der Waals surface area contributed by atoms with Gasteiger partial charge in [0.1, 0.15) is 11.3 Å². The second kappa shape index (κ2) is 6.85. The molecule has 1 heterocycles. The smallest absolute Gasteiger partial charge is 0.134 e. The van der Waals surface area contributed by atoms with Crippen LogP contribution in [-0.2, 0) is 0 Å². The van der Waals surface area contributed by atoms with E-state index < -0.39 is 0 Å². The van der Waals surface area contributed by atoms with Crippen molar-refractivity contribution in [1.29, 1.82) is 0 Å². The van der Waals surface area contributed by atoms with Gasteiger partial charge in [0.15, 0.2) is 0 Å². The van der Waals surface area contributed by atoms with Crippen molar-refractivity contribution in [3.8, 4) is 0 Å². The predicted molar refractivity (Wildman–Crippen MR) is 88.8 cm³/mol. The van der Waals surface area contributed by atoms with Crippen LogP contribution in [0.5, 0.6) is 0 Å². The molecule has 3 rings (SSSR count). The Bertz CT molecular complexity index is 586. The maximum Gasteiger partial charge on any atom is 0.134 e. The van der Waals surface area contributed by atoms with Crippen LogP contribution in [0.1, 0.15) is 57.3 Å². The highest BCUT2D eigenvalue weighted by Gasteiger charge is 2.23. The summed E-state index contributed by atoms with van der Waals surface area (Å²) in [5.74, 6) is 1.91. The summed E-state index contributed by atoms with van der Waals surface area (Å²) < 4.78 is 6.07. The Balaban J connectivity index is 1.81. The average Bonchev–Trinajstić information content (AvgIpc) is 3.11. The molecule has 1 aliphatic carbocycles. The van der Waals surface area contributed by atoms with Gasteiger partial charge in [-0.15, -0.1) is 0 Å². The van der Waals surface area contributed by atoms with Crippen molar-refractivity contribution < 1.29 is 4.42 Å². The van der Waals surface area contributed by atoms with E-state index in [9.17, 15) is 0 Å². The Morgan fingerprint density at radius 3 is 2.86 bits per heavy atom. The van der Waals surface area contributed by atoms with E-state index in [-0.39, 0.29) is 0 Å². The van der Waals surface area contributed by atoms with E-state index in [4.69, 9.17) is 16.0 Å². The second-order valence-corrected chi connectivity index (χ2v) is 6.66. The van der Waals surface area contributed by atoms with E-state index in [2.05, 4.69) is 18.3 Å². The van der Waals surface area contributed by atoms with Gasteiger partial charge in [-0.05, 0) is 49.6 Å². The van der Waals surface area contributed by atoms with Crippen LogP contribution in [0.15, 0.2) is 28.7 Å². The van der Waals surface area contributed by atoms with Crippen molar-refractivity contribution in [2.24, 2.45) is 5.92 Å². The molecule has 1 aliphatic rings. The first-order chi connectivity index (χ1) is 10.3. The molecule has 1 fully saturated rings. The fourth-order valence-corrected chi connectivity index (χ4v) is 3.59. The molecule has 1 atom stereocenters. The molecule has 21 heavy (non-hydrogen) atoms. The molecular weight excluding hydrogens is 282 g/mol. The Morgan fingerprint density at radius 1 is 1.29 bits per heavy atom. The molecule has 1 N–H and O–H groups in total. The first-order valence-electron chi connectivity index (χ1n) is 8.18. The maximum atomic E-state index is 6.07. The summed E-state index contributed by atoms with van der Waals surface area (Å²) in [6.07, 6.45) is 7.86. The van der Waals surface area contributed by atoms with E-state index in [0.29, 0.717) is 6.04 Å². The molecule has 0 radical (unpaired) electrons. The van der Waals surface area contributed by atoms with Gasteiger partial charge in [-0.3, -0.25) is 0 Å². The van der Waals surface area contributed by atoms with E-state index in [1.165, 1.54) is 32.1 Å². The molecule has 0 spiro atoms. The van der Waals surface area contributed by atoms with Gasteiger partial charge in [-0.25, -0.2) is 0 Å². The van der Waals surface area contributed by atoms with E-state index >= 15 is 0 Å². The highest BCUT2D eigenvalue weighted by molar-refractivity contribution is 6.31. The van der Waals surface area contributed by atoms with Gasteiger partial charge in [-0.1, -0.05) is 44.2 Å². The fraction of sp³-hybridized carbons (Fsp3) is 0.556. The van der Waals surface area contributed by atoms with Crippen LogP contribution in [0.3, 0.4) is 0 Å². The lowest BCUT2D eigenvalue weighted by molar-refractivity contribution is 0.350. The molecule has 1 aromatic heterocycles. The van der Waals surface area contributed by atoms with Gasteiger partial charge >= 0.3 is 0 Å². The summed E-state index contributed by atoms with van der Waals surface area (Å²) in [6, 6.07) is 8.33. The molecule has 2 nitrogen and oxygen atoms in total. The number of benzene rings is 1. The highest BCUT2D eigenvalue weighted by atomic mass is 35.5. The summed E-state index contributed by atoms with van der Waals surface area (Å²) in [5.41, 5.74) is 0.934. The first kappa shape index (κ1) is 14.9. The van der Waals surface area contributed by atoms with Gasteiger partial charge in [0.2, 0.25) is 0 Å².